The van der Waals surface area contributed by atoms with Crippen molar-refractivity contribution >= 4 is 34.9 Å². The van der Waals surface area contributed by atoms with E-state index in [-0.39, 0.29) is 11.2 Å². The summed E-state index contributed by atoms with van der Waals surface area (Å²) in [5.41, 5.74) is 0.0943. The molecule has 0 atom stereocenters. The van der Waals surface area contributed by atoms with Gasteiger partial charge in [-0.1, -0.05) is 12.1 Å². The third-order valence-corrected chi connectivity index (χ3v) is 1.84. The van der Waals surface area contributed by atoms with Gasteiger partial charge in [0.25, 0.3) is 5.69 Å². The molecule has 0 aliphatic heterocycles. The van der Waals surface area contributed by atoms with E-state index in [1.165, 1.54) is 6.07 Å². The highest BCUT2D eigenvalue weighted by atomic mass is 79.9. The Morgan fingerprint density at radius 2 is 2.18 bits per heavy atom. The lowest BCUT2D eigenvalue weighted by Gasteiger charge is -1.97. The molecular formula is C6H3BBrNO2. The van der Waals surface area contributed by atoms with Gasteiger partial charge in [0.15, 0.2) is 0 Å². The molecule has 0 unspecified atom stereocenters. The van der Waals surface area contributed by atoms with Crippen LogP contribution in [-0.4, -0.2) is 12.8 Å². The van der Waals surface area contributed by atoms with Gasteiger partial charge in [0.05, 0.1) is 9.40 Å². The molecule has 1 rings (SSSR count). The van der Waals surface area contributed by atoms with Gasteiger partial charge in [0.1, 0.15) is 7.85 Å². The van der Waals surface area contributed by atoms with Crippen LogP contribution >= 0.6 is 15.9 Å². The van der Waals surface area contributed by atoms with Crippen molar-refractivity contribution in [3.63, 3.8) is 0 Å². The molecule has 0 spiro atoms. The summed E-state index contributed by atoms with van der Waals surface area (Å²) in [4.78, 5) is 9.82. The molecule has 1 aromatic rings. The van der Waals surface area contributed by atoms with Gasteiger partial charge in [-0.3, -0.25) is 10.1 Å². The Morgan fingerprint density at radius 3 is 2.55 bits per heavy atom. The first-order chi connectivity index (χ1) is 5.13. The topological polar surface area (TPSA) is 43.1 Å². The van der Waals surface area contributed by atoms with Gasteiger partial charge in [0.2, 0.25) is 0 Å². The molecule has 0 heterocycles. The zero-order valence-electron chi connectivity index (χ0n) is 5.45. The number of rotatable bonds is 1. The van der Waals surface area contributed by atoms with Crippen molar-refractivity contribution in [2.24, 2.45) is 0 Å². The van der Waals surface area contributed by atoms with Crippen LogP contribution in [0.2, 0.25) is 0 Å². The number of nitro benzene ring substituents is 1. The van der Waals surface area contributed by atoms with E-state index in [0.717, 1.165) is 0 Å². The Morgan fingerprint density at radius 1 is 1.55 bits per heavy atom. The fourth-order valence-electron chi connectivity index (χ4n) is 0.725. The molecule has 0 saturated carbocycles. The molecule has 0 bridgehead atoms. The summed E-state index contributed by atoms with van der Waals surface area (Å²) in [5, 5.41) is 10.3. The highest BCUT2D eigenvalue weighted by molar-refractivity contribution is 9.10. The van der Waals surface area contributed by atoms with Crippen molar-refractivity contribution in [2.45, 2.75) is 0 Å². The average Bonchev–Trinajstić information content (AvgIpc) is 1.85. The Balaban J connectivity index is 3.32. The number of hydrogen-bond donors (Lipinski definition) is 0. The summed E-state index contributed by atoms with van der Waals surface area (Å²) in [6.07, 6.45) is 0. The largest absolute Gasteiger partial charge is 0.276 e. The molecule has 3 nitrogen and oxygen atoms in total. The quantitative estimate of drug-likeness (QED) is 0.398. The average molecular weight is 212 g/mol. The Kier molecular flexibility index (Phi) is 2.29. The molecule has 0 saturated heterocycles. The van der Waals surface area contributed by atoms with E-state index < -0.39 is 4.92 Å². The van der Waals surface area contributed by atoms with Gasteiger partial charge in [0, 0.05) is 0 Å². The van der Waals surface area contributed by atoms with Gasteiger partial charge in [-0.15, -0.1) is 0 Å². The second-order valence-electron chi connectivity index (χ2n) is 1.93. The predicted octanol–water partition coefficient (Wildman–Crippen LogP) is 1.15. The first-order valence-electron chi connectivity index (χ1n) is 2.81. The molecule has 0 N–H and O–H groups in total. The fraction of sp³-hybridized carbons (Fsp3) is 0. The number of halogens is 1. The van der Waals surface area contributed by atoms with E-state index in [9.17, 15) is 10.1 Å². The SMILES string of the molecule is [B]c1cccc(Br)c1[N+](=O)[O-]. The molecular weight excluding hydrogens is 209 g/mol. The molecule has 0 aliphatic carbocycles. The van der Waals surface area contributed by atoms with Crippen molar-refractivity contribution in [3.05, 3.63) is 32.8 Å². The maximum atomic E-state index is 10.3. The van der Waals surface area contributed by atoms with Crippen LogP contribution in [0, 0.1) is 10.1 Å². The molecule has 11 heavy (non-hydrogen) atoms. The number of hydrogen-bond acceptors (Lipinski definition) is 2. The van der Waals surface area contributed by atoms with Crippen LogP contribution in [0.15, 0.2) is 22.7 Å². The number of benzene rings is 1. The summed E-state index contributed by atoms with van der Waals surface area (Å²) in [6, 6.07) is 4.71. The lowest BCUT2D eigenvalue weighted by molar-refractivity contribution is -0.384. The van der Waals surface area contributed by atoms with E-state index in [1.807, 2.05) is 0 Å². The minimum absolute atomic E-state index is 0.0764. The van der Waals surface area contributed by atoms with Crippen molar-refractivity contribution in [1.82, 2.24) is 0 Å². The summed E-state index contributed by atoms with van der Waals surface area (Å²) >= 11 is 3.03. The standard InChI is InChI=1S/C6H3BBrNO2/c7-4-2-1-3-5(8)6(4)9(10)11/h1-3H. The zero-order valence-corrected chi connectivity index (χ0v) is 7.04. The fourth-order valence-corrected chi connectivity index (χ4v) is 1.25. The lowest BCUT2D eigenvalue weighted by Crippen LogP contribution is -2.09. The second kappa shape index (κ2) is 3.05. The van der Waals surface area contributed by atoms with Gasteiger partial charge in [-0.05, 0) is 27.5 Å². The van der Waals surface area contributed by atoms with Gasteiger partial charge in [-0.25, -0.2) is 0 Å². The first-order valence-corrected chi connectivity index (χ1v) is 3.60. The summed E-state index contributed by atoms with van der Waals surface area (Å²) in [6.45, 7) is 0. The van der Waals surface area contributed by atoms with Crippen LogP contribution in [0.5, 0.6) is 0 Å². The predicted molar refractivity (Wildman–Crippen MR) is 46.2 cm³/mol. The van der Waals surface area contributed by atoms with Crippen LogP contribution in [0.4, 0.5) is 5.69 Å². The Bertz CT molecular complexity index is 282. The molecule has 0 fully saturated rings. The number of para-hydroxylation sites is 1. The zero-order chi connectivity index (χ0) is 8.43. The lowest BCUT2D eigenvalue weighted by atomic mass is 9.94. The number of nitro groups is 1. The van der Waals surface area contributed by atoms with Crippen LogP contribution in [-0.2, 0) is 0 Å². The molecule has 0 aliphatic rings. The number of nitrogens with zero attached hydrogens (tertiary/aromatic N) is 1. The second-order valence-corrected chi connectivity index (χ2v) is 2.79. The molecule has 0 aromatic heterocycles. The van der Waals surface area contributed by atoms with Crippen LogP contribution in [0.1, 0.15) is 0 Å². The van der Waals surface area contributed by atoms with E-state index in [4.69, 9.17) is 7.85 Å². The highest BCUT2D eigenvalue weighted by Gasteiger charge is 2.12. The van der Waals surface area contributed by atoms with Crippen molar-refractivity contribution < 1.29 is 4.92 Å². The molecule has 5 heteroatoms. The van der Waals surface area contributed by atoms with Crippen molar-refractivity contribution in [3.8, 4) is 0 Å². The van der Waals surface area contributed by atoms with Gasteiger partial charge >= 0.3 is 0 Å². The van der Waals surface area contributed by atoms with Gasteiger partial charge in [-0.2, -0.15) is 0 Å². The van der Waals surface area contributed by atoms with E-state index in [2.05, 4.69) is 15.9 Å². The first kappa shape index (κ1) is 8.26. The van der Waals surface area contributed by atoms with Crippen molar-refractivity contribution in [1.29, 1.82) is 0 Å². The maximum absolute atomic E-state index is 10.3. The van der Waals surface area contributed by atoms with Crippen LogP contribution < -0.4 is 5.46 Å². The van der Waals surface area contributed by atoms with Crippen LogP contribution in [0.25, 0.3) is 0 Å². The molecule has 0 amide bonds. The third kappa shape index (κ3) is 1.60. The van der Waals surface area contributed by atoms with Crippen LogP contribution in [0.3, 0.4) is 0 Å². The van der Waals surface area contributed by atoms with Gasteiger partial charge < -0.3 is 0 Å². The maximum Gasteiger partial charge on any atom is 0.276 e. The Labute approximate surface area is 73.1 Å². The normalized spacial score (nSPS) is 9.55. The van der Waals surface area contributed by atoms with E-state index >= 15 is 0 Å². The summed E-state index contributed by atoms with van der Waals surface area (Å²) in [5.74, 6) is 0. The summed E-state index contributed by atoms with van der Waals surface area (Å²) < 4.78 is 0.405. The van der Waals surface area contributed by atoms with Crippen molar-refractivity contribution in [2.75, 3.05) is 0 Å². The molecule has 2 radical (unpaired) electrons. The third-order valence-electron chi connectivity index (χ3n) is 1.20. The smallest absolute Gasteiger partial charge is 0.258 e. The monoisotopic (exact) mass is 211 g/mol. The minimum Gasteiger partial charge on any atom is -0.258 e. The molecule has 1 aromatic carbocycles. The summed E-state index contributed by atoms with van der Waals surface area (Å²) in [7, 11) is 5.35. The minimum atomic E-state index is -0.514. The highest BCUT2D eigenvalue weighted by Crippen LogP contribution is 2.20. The Hall–Kier alpha value is -0.835. The van der Waals surface area contributed by atoms with E-state index in [0.29, 0.717) is 4.47 Å². The van der Waals surface area contributed by atoms with E-state index in [1.54, 1.807) is 12.1 Å². The molecule has 54 valence electrons.